The zero-order chi connectivity index (χ0) is 13.0. The molecule has 5 heteroatoms. The number of aryl methyl sites for hydroxylation is 1. The van der Waals surface area contributed by atoms with Gasteiger partial charge in [0.25, 0.3) is 0 Å². The minimum absolute atomic E-state index is 0.419. The van der Waals surface area contributed by atoms with Gasteiger partial charge in [-0.1, -0.05) is 23.7 Å². The van der Waals surface area contributed by atoms with Crippen LogP contribution in [0.25, 0.3) is 0 Å². The van der Waals surface area contributed by atoms with Crippen LogP contribution in [0, 0.1) is 0 Å². The summed E-state index contributed by atoms with van der Waals surface area (Å²) in [5, 5.41) is 4.71. The Morgan fingerprint density at radius 3 is 2.94 bits per heavy atom. The van der Waals surface area contributed by atoms with Crippen LogP contribution >= 0.6 is 11.6 Å². The standard InChI is InChI=1S/C13H16ClN3O/c1-17-9-10(8-16-17)5-6-18-13-11(7-15)3-2-4-12(13)14/h2-4,8-9H,5-7,15H2,1H3. The van der Waals surface area contributed by atoms with Gasteiger partial charge >= 0.3 is 0 Å². The Balaban J connectivity index is 1.98. The van der Waals surface area contributed by atoms with Crippen molar-refractivity contribution in [2.75, 3.05) is 6.61 Å². The molecule has 0 atom stereocenters. The van der Waals surface area contributed by atoms with Gasteiger partial charge in [-0.2, -0.15) is 5.10 Å². The first-order valence-corrected chi connectivity index (χ1v) is 6.16. The summed E-state index contributed by atoms with van der Waals surface area (Å²) in [5.74, 6) is 0.686. The second-order valence-electron chi connectivity index (χ2n) is 4.05. The molecular weight excluding hydrogens is 250 g/mol. The molecule has 18 heavy (non-hydrogen) atoms. The molecule has 0 spiro atoms. The van der Waals surface area contributed by atoms with Gasteiger partial charge in [0.15, 0.2) is 0 Å². The second-order valence-corrected chi connectivity index (χ2v) is 4.46. The molecule has 0 unspecified atom stereocenters. The fourth-order valence-corrected chi connectivity index (χ4v) is 2.00. The molecule has 0 aliphatic heterocycles. The predicted octanol–water partition coefficient (Wildman–Crippen LogP) is 2.15. The van der Waals surface area contributed by atoms with Crippen molar-refractivity contribution in [3.63, 3.8) is 0 Å². The molecule has 0 saturated heterocycles. The van der Waals surface area contributed by atoms with Crippen molar-refractivity contribution in [3.05, 3.63) is 46.7 Å². The molecule has 2 N–H and O–H groups in total. The lowest BCUT2D eigenvalue weighted by Gasteiger charge is -2.11. The van der Waals surface area contributed by atoms with Gasteiger partial charge in [-0.05, 0) is 11.6 Å². The minimum atomic E-state index is 0.419. The average Bonchev–Trinajstić information content (AvgIpc) is 2.77. The molecule has 0 aliphatic carbocycles. The summed E-state index contributed by atoms with van der Waals surface area (Å²) in [6.45, 7) is 0.977. The van der Waals surface area contributed by atoms with Crippen molar-refractivity contribution in [1.82, 2.24) is 9.78 Å². The lowest BCUT2D eigenvalue weighted by molar-refractivity contribution is 0.319. The molecule has 0 fully saturated rings. The molecular formula is C13H16ClN3O. The molecule has 0 radical (unpaired) electrons. The Bertz CT molecular complexity index is 525. The van der Waals surface area contributed by atoms with Crippen LogP contribution < -0.4 is 10.5 Å². The number of nitrogens with zero attached hydrogens (tertiary/aromatic N) is 2. The van der Waals surface area contributed by atoms with E-state index in [1.54, 1.807) is 10.7 Å². The van der Waals surface area contributed by atoms with Crippen LogP contribution in [0.1, 0.15) is 11.1 Å². The van der Waals surface area contributed by atoms with Crippen molar-refractivity contribution in [2.24, 2.45) is 12.8 Å². The largest absolute Gasteiger partial charge is 0.491 e. The van der Waals surface area contributed by atoms with E-state index in [-0.39, 0.29) is 0 Å². The fourth-order valence-electron chi connectivity index (χ4n) is 1.75. The number of hydrogen-bond donors (Lipinski definition) is 1. The summed E-state index contributed by atoms with van der Waals surface area (Å²) in [7, 11) is 1.89. The van der Waals surface area contributed by atoms with Gasteiger partial charge in [-0.15, -0.1) is 0 Å². The van der Waals surface area contributed by atoms with Gasteiger partial charge in [-0.3, -0.25) is 4.68 Å². The van der Waals surface area contributed by atoms with E-state index in [4.69, 9.17) is 22.1 Å². The van der Waals surface area contributed by atoms with Gasteiger partial charge in [0, 0.05) is 31.8 Å². The van der Waals surface area contributed by atoms with Crippen LogP contribution in [-0.4, -0.2) is 16.4 Å². The van der Waals surface area contributed by atoms with Gasteiger partial charge < -0.3 is 10.5 Å². The number of aromatic nitrogens is 2. The fraction of sp³-hybridized carbons (Fsp3) is 0.308. The number of benzene rings is 1. The molecule has 1 aromatic carbocycles. The summed E-state index contributed by atoms with van der Waals surface area (Å²) >= 11 is 6.10. The minimum Gasteiger partial charge on any atom is -0.491 e. The van der Waals surface area contributed by atoms with Crippen molar-refractivity contribution < 1.29 is 4.74 Å². The number of ether oxygens (including phenoxy) is 1. The van der Waals surface area contributed by atoms with E-state index < -0.39 is 0 Å². The number of para-hydroxylation sites is 1. The Hall–Kier alpha value is -1.52. The number of halogens is 1. The molecule has 2 aromatic rings. The monoisotopic (exact) mass is 265 g/mol. The van der Waals surface area contributed by atoms with E-state index in [1.165, 1.54) is 0 Å². The normalized spacial score (nSPS) is 10.6. The Labute approximate surface area is 111 Å². The first kappa shape index (κ1) is 12.9. The highest BCUT2D eigenvalue weighted by molar-refractivity contribution is 6.32. The molecule has 0 aliphatic rings. The highest BCUT2D eigenvalue weighted by Crippen LogP contribution is 2.28. The topological polar surface area (TPSA) is 53.1 Å². The molecule has 0 bridgehead atoms. The average molecular weight is 266 g/mol. The van der Waals surface area contributed by atoms with Crippen molar-refractivity contribution in [2.45, 2.75) is 13.0 Å². The third-order valence-electron chi connectivity index (χ3n) is 2.66. The molecule has 1 heterocycles. The van der Waals surface area contributed by atoms with Crippen LogP contribution in [0.2, 0.25) is 5.02 Å². The van der Waals surface area contributed by atoms with Crippen molar-refractivity contribution >= 4 is 11.6 Å². The lowest BCUT2D eigenvalue weighted by atomic mass is 10.2. The third kappa shape index (κ3) is 3.03. The number of rotatable bonds is 5. The Morgan fingerprint density at radius 1 is 1.44 bits per heavy atom. The summed E-state index contributed by atoms with van der Waals surface area (Å²) in [5.41, 5.74) is 7.72. The van der Waals surface area contributed by atoms with E-state index in [1.807, 2.05) is 31.6 Å². The summed E-state index contributed by atoms with van der Waals surface area (Å²) in [4.78, 5) is 0. The number of nitrogens with two attached hydrogens (primary N) is 1. The van der Waals surface area contributed by atoms with Crippen LogP contribution in [0.3, 0.4) is 0 Å². The van der Waals surface area contributed by atoms with Gasteiger partial charge in [0.1, 0.15) is 5.75 Å². The maximum Gasteiger partial charge on any atom is 0.142 e. The molecule has 1 aromatic heterocycles. The quantitative estimate of drug-likeness (QED) is 0.901. The Kier molecular flexibility index (Phi) is 4.23. The summed E-state index contributed by atoms with van der Waals surface area (Å²) < 4.78 is 7.50. The highest BCUT2D eigenvalue weighted by Gasteiger charge is 2.07. The SMILES string of the molecule is Cn1cc(CCOc2c(Cl)cccc2CN)cn1. The molecule has 0 amide bonds. The molecule has 2 rings (SSSR count). The first-order chi connectivity index (χ1) is 8.70. The van der Waals surface area contributed by atoms with E-state index >= 15 is 0 Å². The van der Waals surface area contributed by atoms with Crippen LogP contribution in [0.4, 0.5) is 0 Å². The third-order valence-corrected chi connectivity index (χ3v) is 2.96. The maximum atomic E-state index is 6.10. The van der Waals surface area contributed by atoms with E-state index in [0.29, 0.717) is 23.9 Å². The van der Waals surface area contributed by atoms with Crippen molar-refractivity contribution in [1.29, 1.82) is 0 Å². The molecule has 0 saturated carbocycles. The smallest absolute Gasteiger partial charge is 0.142 e. The summed E-state index contributed by atoms with van der Waals surface area (Å²) in [6, 6.07) is 5.60. The zero-order valence-electron chi connectivity index (χ0n) is 10.3. The van der Waals surface area contributed by atoms with Gasteiger partial charge in [-0.25, -0.2) is 0 Å². The van der Waals surface area contributed by atoms with Crippen LogP contribution in [0.15, 0.2) is 30.6 Å². The van der Waals surface area contributed by atoms with Crippen molar-refractivity contribution in [3.8, 4) is 5.75 Å². The van der Waals surface area contributed by atoms with Gasteiger partial charge in [0.2, 0.25) is 0 Å². The zero-order valence-corrected chi connectivity index (χ0v) is 11.0. The first-order valence-electron chi connectivity index (χ1n) is 5.78. The summed E-state index contributed by atoms with van der Waals surface area (Å²) in [6.07, 6.45) is 4.60. The highest BCUT2D eigenvalue weighted by atomic mass is 35.5. The number of hydrogen-bond acceptors (Lipinski definition) is 3. The predicted molar refractivity (Wildman–Crippen MR) is 71.8 cm³/mol. The molecule has 96 valence electrons. The second kappa shape index (κ2) is 5.89. The van der Waals surface area contributed by atoms with E-state index in [0.717, 1.165) is 17.5 Å². The lowest BCUT2D eigenvalue weighted by Crippen LogP contribution is -2.06. The van der Waals surface area contributed by atoms with Gasteiger partial charge in [0.05, 0.1) is 17.8 Å². The molecule has 4 nitrogen and oxygen atoms in total. The van der Waals surface area contributed by atoms with E-state index in [9.17, 15) is 0 Å². The van der Waals surface area contributed by atoms with Crippen LogP contribution in [-0.2, 0) is 20.0 Å². The maximum absolute atomic E-state index is 6.10. The van der Waals surface area contributed by atoms with Crippen LogP contribution in [0.5, 0.6) is 5.75 Å². The van der Waals surface area contributed by atoms with E-state index in [2.05, 4.69) is 5.10 Å². The Morgan fingerprint density at radius 2 is 2.28 bits per heavy atom.